The molecule has 0 saturated carbocycles. The second-order valence-electron chi connectivity index (χ2n) is 4.85. The van der Waals surface area contributed by atoms with E-state index in [1.165, 1.54) is 0 Å². The third kappa shape index (κ3) is 2.85. The number of carbonyl (C=O) groups excluding carboxylic acids is 1. The fourth-order valence-corrected chi connectivity index (χ4v) is 2.27. The molecule has 1 unspecified atom stereocenters. The van der Waals surface area contributed by atoms with Gasteiger partial charge in [-0.05, 0) is 32.2 Å². The Morgan fingerprint density at radius 3 is 2.81 bits per heavy atom. The van der Waals surface area contributed by atoms with Crippen LogP contribution in [0.1, 0.15) is 33.6 Å². The Labute approximate surface area is 98.7 Å². The van der Waals surface area contributed by atoms with Crippen LogP contribution >= 0.6 is 0 Å². The first-order chi connectivity index (χ1) is 7.63. The lowest BCUT2D eigenvalue weighted by Crippen LogP contribution is -2.46. The van der Waals surface area contributed by atoms with Crippen LogP contribution in [0.3, 0.4) is 0 Å². The number of carbonyl (C=O) groups is 1. The molecule has 1 heterocycles. The smallest absolute Gasteiger partial charge is 0.227 e. The fraction of sp³-hybridized carbons (Fsp3) is 0.769. The third-order valence-electron chi connectivity index (χ3n) is 3.58. The van der Waals surface area contributed by atoms with Crippen LogP contribution in [-0.4, -0.2) is 25.5 Å². The average Bonchev–Trinajstić information content (AvgIpc) is 2.74. The average molecular weight is 224 g/mol. The van der Waals surface area contributed by atoms with Gasteiger partial charge in [-0.2, -0.15) is 0 Å². The van der Waals surface area contributed by atoms with Crippen molar-refractivity contribution in [3.63, 3.8) is 0 Å². The summed E-state index contributed by atoms with van der Waals surface area (Å²) in [5.74, 6) is 0.612. The first-order valence-corrected chi connectivity index (χ1v) is 6.23. The maximum Gasteiger partial charge on any atom is 0.227 e. The Kier molecular flexibility index (Phi) is 5.00. The van der Waals surface area contributed by atoms with E-state index in [4.69, 9.17) is 0 Å². The van der Waals surface area contributed by atoms with Crippen molar-refractivity contribution in [3.05, 3.63) is 12.2 Å². The quantitative estimate of drug-likeness (QED) is 0.551. The van der Waals surface area contributed by atoms with Crippen LogP contribution in [0.15, 0.2) is 12.2 Å². The first-order valence-electron chi connectivity index (χ1n) is 6.23. The van der Waals surface area contributed by atoms with E-state index in [0.717, 1.165) is 32.5 Å². The lowest BCUT2D eigenvalue weighted by Gasteiger charge is -2.31. The topological polar surface area (TPSA) is 41.1 Å². The van der Waals surface area contributed by atoms with Crippen molar-refractivity contribution >= 4 is 5.91 Å². The van der Waals surface area contributed by atoms with Crippen molar-refractivity contribution < 1.29 is 4.79 Å². The van der Waals surface area contributed by atoms with Crippen LogP contribution in [-0.2, 0) is 4.79 Å². The van der Waals surface area contributed by atoms with Crippen molar-refractivity contribution in [3.8, 4) is 0 Å². The van der Waals surface area contributed by atoms with Crippen LogP contribution in [0.25, 0.3) is 0 Å². The summed E-state index contributed by atoms with van der Waals surface area (Å²) >= 11 is 0. The van der Waals surface area contributed by atoms with Gasteiger partial charge in [-0.25, -0.2) is 0 Å². The van der Waals surface area contributed by atoms with Gasteiger partial charge in [0.1, 0.15) is 0 Å². The molecule has 0 aromatic heterocycles. The Balaban J connectivity index is 2.49. The molecule has 0 aliphatic carbocycles. The predicted octanol–water partition coefficient (Wildman–Crippen LogP) is 1.70. The van der Waals surface area contributed by atoms with E-state index < -0.39 is 0 Å². The van der Waals surface area contributed by atoms with E-state index in [2.05, 4.69) is 30.6 Å². The van der Waals surface area contributed by atoms with Gasteiger partial charge < -0.3 is 10.6 Å². The monoisotopic (exact) mass is 224 g/mol. The number of amides is 1. The molecule has 1 aliphatic rings. The van der Waals surface area contributed by atoms with Crippen molar-refractivity contribution in [2.45, 2.75) is 33.6 Å². The van der Waals surface area contributed by atoms with Gasteiger partial charge in [0.05, 0.1) is 5.41 Å². The summed E-state index contributed by atoms with van der Waals surface area (Å²) in [4.78, 5) is 12.2. The van der Waals surface area contributed by atoms with Crippen LogP contribution in [0.4, 0.5) is 0 Å². The zero-order chi connectivity index (χ0) is 12.0. The predicted molar refractivity (Wildman–Crippen MR) is 67.2 cm³/mol. The minimum absolute atomic E-state index is 0.185. The van der Waals surface area contributed by atoms with Gasteiger partial charge in [0.15, 0.2) is 0 Å². The summed E-state index contributed by atoms with van der Waals surface area (Å²) in [6.07, 6.45) is 5.97. The summed E-state index contributed by atoms with van der Waals surface area (Å²) in [5.41, 5.74) is -0.185. The highest BCUT2D eigenvalue weighted by molar-refractivity contribution is 5.83. The van der Waals surface area contributed by atoms with Gasteiger partial charge in [-0.1, -0.05) is 26.0 Å². The fourth-order valence-electron chi connectivity index (χ4n) is 2.27. The highest BCUT2D eigenvalue weighted by atomic mass is 16.2. The molecule has 0 spiro atoms. The number of nitrogens with one attached hydrogen (secondary N) is 2. The van der Waals surface area contributed by atoms with Crippen LogP contribution in [0, 0.1) is 11.3 Å². The molecule has 1 aliphatic heterocycles. The molecule has 1 fully saturated rings. The molecule has 0 aromatic carbocycles. The molecule has 0 aromatic rings. The second-order valence-corrected chi connectivity index (χ2v) is 4.85. The molecule has 0 bridgehead atoms. The van der Waals surface area contributed by atoms with Gasteiger partial charge in [-0.15, -0.1) is 0 Å². The largest absolute Gasteiger partial charge is 0.355 e. The van der Waals surface area contributed by atoms with Crippen LogP contribution in [0.2, 0.25) is 0 Å². The van der Waals surface area contributed by atoms with Gasteiger partial charge in [0.2, 0.25) is 5.91 Å². The van der Waals surface area contributed by atoms with Gasteiger partial charge in [-0.3, -0.25) is 4.79 Å². The molecule has 3 heteroatoms. The molecule has 16 heavy (non-hydrogen) atoms. The Bertz CT molecular complexity index is 253. The Morgan fingerprint density at radius 2 is 2.31 bits per heavy atom. The molecule has 1 atom stereocenters. The molecular weight excluding hydrogens is 200 g/mol. The zero-order valence-corrected chi connectivity index (χ0v) is 10.7. The van der Waals surface area contributed by atoms with Crippen molar-refractivity contribution in [1.82, 2.24) is 10.6 Å². The summed E-state index contributed by atoms with van der Waals surface area (Å²) in [5, 5.41) is 6.35. The maximum atomic E-state index is 12.2. The Morgan fingerprint density at radius 1 is 1.56 bits per heavy atom. The molecule has 1 saturated heterocycles. The molecular formula is C13H24N2O. The van der Waals surface area contributed by atoms with Gasteiger partial charge in [0, 0.05) is 13.1 Å². The molecule has 2 N–H and O–H groups in total. The molecule has 0 radical (unpaired) electrons. The van der Waals surface area contributed by atoms with E-state index in [9.17, 15) is 4.79 Å². The van der Waals surface area contributed by atoms with Gasteiger partial charge in [0.25, 0.3) is 0 Å². The summed E-state index contributed by atoms with van der Waals surface area (Å²) in [6.45, 7) is 8.80. The van der Waals surface area contributed by atoms with E-state index in [0.29, 0.717) is 5.92 Å². The van der Waals surface area contributed by atoms with E-state index >= 15 is 0 Å². The highest BCUT2D eigenvalue weighted by Crippen LogP contribution is 2.34. The van der Waals surface area contributed by atoms with Crippen molar-refractivity contribution in [2.75, 3.05) is 19.6 Å². The van der Waals surface area contributed by atoms with E-state index in [-0.39, 0.29) is 11.3 Å². The maximum absolute atomic E-state index is 12.2. The van der Waals surface area contributed by atoms with Crippen molar-refractivity contribution in [1.29, 1.82) is 0 Å². The van der Waals surface area contributed by atoms with E-state index in [1.807, 2.05) is 13.0 Å². The van der Waals surface area contributed by atoms with Gasteiger partial charge >= 0.3 is 0 Å². The summed E-state index contributed by atoms with van der Waals surface area (Å²) in [7, 11) is 0. The highest BCUT2D eigenvalue weighted by Gasteiger charge is 2.43. The summed E-state index contributed by atoms with van der Waals surface area (Å²) in [6, 6.07) is 0. The standard InChI is InChI=1S/C13H24N2O/c1-4-5-6-8-15-12(16)13(11(2)3)7-9-14-10-13/h4-5,11,14H,6-10H2,1-3H3,(H,15,16)/b5-4+. The minimum atomic E-state index is -0.185. The number of hydrogen-bond donors (Lipinski definition) is 2. The van der Waals surface area contributed by atoms with E-state index in [1.54, 1.807) is 0 Å². The first kappa shape index (κ1) is 13.2. The summed E-state index contributed by atoms with van der Waals surface area (Å²) < 4.78 is 0. The number of allylic oxidation sites excluding steroid dienone is 1. The SMILES string of the molecule is C/C=C/CCNC(=O)C1(C(C)C)CCNC1. The van der Waals surface area contributed by atoms with Crippen molar-refractivity contribution in [2.24, 2.45) is 11.3 Å². The van der Waals surface area contributed by atoms with Crippen LogP contribution in [0.5, 0.6) is 0 Å². The molecule has 3 nitrogen and oxygen atoms in total. The molecule has 1 amide bonds. The molecule has 1 rings (SSSR count). The lowest BCUT2D eigenvalue weighted by molar-refractivity contribution is -0.132. The lowest BCUT2D eigenvalue weighted by atomic mass is 9.75. The third-order valence-corrected chi connectivity index (χ3v) is 3.58. The minimum Gasteiger partial charge on any atom is -0.355 e. The number of rotatable bonds is 5. The Hall–Kier alpha value is -0.830. The van der Waals surface area contributed by atoms with Crippen LogP contribution < -0.4 is 10.6 Å². The molecule has 92 valence electrons. The zero-order valence-electron chi connectivity index (χ0n) is 10.7. The number of hydrogen-bond acceptors (Lipinski definition) is 2. The normalized spacial score (nSPS) is 25.5. The second kappa shape index (κ2) is 6.04.